The summed E-state index contributed by atoms with van der Waals surface area (Å²) in [5.74, 6) is 1.98. The summed E-state index contributed by atoms with van der Waals surface area (Å²) in [6, 6.07) is 0. The predicted octanol–water partition coefficient (Wildman–Crippen LogP) is 6.02. The monoisotopic (exact) mass is 334 g/mol. The summed E-state index contributed by atoms with van der Waals surface area (Å²) >= 11 is 0. The first-order valence-corrected chi connectivity index (χ1v) is 11.2. The predicted molar refractivity (Wildman–Crippen MR) is 98.2 cm³/mol. The maximum absolute atomic E-state index is 5.64. The average Bonchev–Trinajstić information content (AvgIpc) is 3.50. The molecule has 2 saturated heterocycles. The molecule has 24 heavy (non-hydrogen) atoms. The third-order valence-corrected chi connectivity index (χ3v) is 7.20. The van der Waals surface area contributed by atoms with Crippen LogP contribution in [-0.2, 0) is 9.47 Å². The van der Waals surface area contributed by atoms with Crippen LogP contribution in [0.4, 0.5) is 0 Å². The Kier molecular flexibility index (Phi) is 6.17. The van der Waals surface area contributed by atoms with Crippen LogP contribution in [0.5, 0.6) is 0 Å². The molecule has 2 aliphatic carbocycles. The Balaban J connectivity index is 0.907. The zero-order valence-corrected chi connectivity index (χ0v) is 15.6. The third kappa shape index (κ3) is 5.21. The highest BCUT2D eigenvalue weighted by molar-refractivity contribution is 4.92. The van der Waals surface area contributed by atoms with Gasteiger partial charge in [0.2, 0.25) is 0 Å². The van der Waals surface area contributed by atoms with E-state index in [-0.39, 0.29) is 0 Å². The van der Waals surface area contributed by atoms with Gasteiger partial charge in [-0.15, -0.1) is 0 Å². The molecule has 0 aromatic heterocycles. The fraction of sp³-hybridized carbons (Fsp3) is 1.00. The van der Waals surface area contributed by atoms with E-state index in [1.165, 1.54) is 103 Å². The van der Waals surface area contributed by atoms with Crippen molar-refractivity contribution in [1.29, 1.82) is 0 Å². The largest absolute Gasteiger partial charge is 0.370 e. The number of unbranched alkanes of at least 4 members (excludes halogenated alkanes) is 7. The molecule has 0 bridgehead atoms. The number of hydrogen-bond donors (Lipinski definition) is 0. The molecule has 4 fully saturated rings. The molecule has 2 saturated carbocycles. The number of epoxide rings is 2. The molecule has 4 rings (SSSR count). The molecule has 2 heterocycles. The lowest BCUT2D eigenvalue weighted by atomic mass is 9.85. The first-order valence-electron chi connectivity index (χ1n) is 11.2. The Bertz CT molecular complexity index is 346. The van der Waals surface area contributed by atoms with Crippen molar-refractivity contribution in [3.05, 3.63) is 0 Å². The smallest absolute Gasteiger partial charge is 0.0844 e. The van der Waals surface area contributed by atoms with E-state index in [1.807, 2.05) is 0 Å². The second-order valence-electron chi connectivity index (χ2n) is 9.19. The number of rotatable bonds is 11. The van der Waals surface area contributed by atoms with Crippen LogP contribution in [0.2, 0.25) is 0 Å². The molecule has 0 N–H and O–H groups in total. The highest BCUT2D eigenvalue weighted by Crippen LogP contribution is 2.42. The molecule has 6 unspecified atom stereocenters. The van der Waals surface area contributed by atoms with E-state index in [2.05, 4.69) is 0 Å². The van der Waals surface area contributed by atoms with Crippen molar-refractivity contribution in [1.82, 2.24) is 0 Å². The molecular formula is C22H38O2. The fourth-order valence-corrected chi connectivity index (χ4v) is 5.42. The molecule has 0 radical (unpaired) electrons. The summed E-state index contributed by atoms with van der Waals surface area (Å²) in [5, 5.41) is 0. The van der Waals surface area contributed by atoms with Gasteiger partial charge in [0, 0.05) is 0 Å². The minimum atomic E-state index is 0.676. The van der Waals surface area contributed by atoms with E-state index in [0.29, 0.717) is 24.4 Å². The van der Waals surface area contributed by atoms with Crippen molar-refractivity contribution < 1.29 is 9.47 Å². The van der Waals surface area contributed by atoms with E-state index in [9.17, 15) is 0 Å². The summed E-state index contributed by atoms with van der Waals surface area (Å²) < 4.78 is 11.3. The zero-order chi connectivity index (χ0) is 16.2. The first-order chi connectivity index (χ1) is 11.9. The van der Waals surface area contributed by atoms with Gasteiger partial charge in [0.15, 0.2) is 0 Å². The summed E-state index contributed by atoms with van der Waals surface area (Å²) in [6.45, 7) is 0. The lowest BCUT2D eigenvalue weighted by Gasteiger charge is -2.18. The minimum absolute atomic E-state index is 0.676. The molecule has 0 amide bonds. The lowest BCUT2D eigenvalue weighted by Crippen LogP contribution is -2.13. The molecule has 0 spiro atoms. The van der Waals surface area contributed by atoms with Crippen LogP contribution in [0, 0.1) is 11.8 Å². The molecule has 4 aliphatic rings. The summed E-state index contributed by atoms with van der Waals surface area (Å²) in [6.07, 6.45) is 25.7. The second-order valence-corrected chi connectivity index (χ2v) is 9.19. The van der Waals surface area contributed by atoms with Gasteiger partial charge in [0.25, 0.3) is 0 Å². The highest BCUT2D eigenvalue weighted by atomic mass is 16.6. The quantitative estimate of drug-likeness (QED) is 0.341. The van der Waals surface area contributed by atoms with Gasteiger partial charge < -0.3 is 9.47 Å². The number of fused-ring (bicyclic) bond motifs is 2. The molecular weight excluding hydrogens is 296 g/mol. The fourth-order valence-electron chi connectivity index (χ4n) is 5.42. The maximum Gasteiger partial charge on any atom is 0.0844 e. The van der Waals surface area contributed by atoms with Crippen LogP contribution >= 0.6 is 0 Å². The number of hydrogen-bond acceptors (Lipinski definition) is 2. The molecule has 0 aromatic carbocycles. The number of ether oxygens (including phenoxy) is 2. The average molecular weight is 335 g/mol. The Hall–Kier alpha value is -0.0800. The van der Waals surface area contributed by atoms with E-state index < -0.39 is 0 Å². The van der Waals surface area contributed by atoms with Gasteiger partial charge in [-0.25, -0.2) is 0 Å². The maximum atomic E-state index is 5.64. The van der Waals surface area contributed by atoms with Crippen molar-refractivity contribution in [2.45, 2.75) is 127 Å². The molecule has 2 heteroatoms. The standard InChI is InChI=1S/C22H38O2/c1(3-5-7-9-17-11-13-19-21(15-17)23-19)2-4-6-8-10-18-12-14-20-22(16-18)24-20/h17-22H,1-16H2. The van der Waals surface area contributed by atoms with E-state index in [0.717, 1.165) is 11.8 Å². The normalized spacial score (nSPS) is 40.0. The molecule has 6 atom stereocenters. The minimum Gasteiger partial charge on any atom is -0.370 e. The highest BCUT2D eigenvalue weighted by Gasteiger charge is 2.44. The Morgan fingerprint density at radius 1 is 0.458 bits per heavy atom. The Labute approximate surface area is 149 Å². The van der Waals surface area contributed by atoms with Crippen LogP contribution in [-0.4, -0.2) is 24.4 Å². The Morgan fingerprint density at radius 2 is 0.875 bits per heavy atom. The van der Waals surface area contributed by atoms with Crippen LogP contribution < -0.4 is 0 Å². The van der Waals surface area contributed by atoms with Crippen molar-refractivity contribution in [3.63, 3.8) is 0 Å². The topological polar surface area (TPSA) is 25.1 Å². The van der Waals surface area contributed by atoms with Crippen molar-refractivity contribution in [3.8, 4) is 0 Å². The van der Waals surface area contributed by atoms with Gasteiger partial charge in [-0.05, 0) is 50.4 Å². The SMILES string of the molecule is C(CCCCCC1CCC2OC2C1)CCCCC1CCC2OC2C1. The van der Waals surface area contributed by atoms with E-state index in [4.69, 9.17) is 9.47 Å². The van der Waals surface area contributed by atoms with Gasteiger partial charge >= 0.3 is 0 Å². The molecule has 2 nitrogen and oxygen atoms in total. The Morgan fingerprint density at radius 3 is 1.29 bits per heavy atom. The van der Waals surface area contributed by atoms with Crippen molar-refractivity contribution >= 4 is 0 Å². The van der Waals surface area contributed by atoms with Gasteiger partial charge in [0.05, 0.1) is 24.4 Å². The van der Waals surface area contributed by atoms with Gasteiger partial charge in [-0.1, -0.05) is 64.2 Å². The van der Waals surface area contributed by atoms with Gasteiger partial charge in [0.1, 0.15) is 0 Å². The second kappa shape index (κ2) is 8.54. The third-order valence-electron chi connectivity index (χ3n) is 7.20. The van der Waals surface area contributed by atoms with E-state index in [1.54, 1.807) is 0 Å². The summed E-state index contributed by atoms with van der Waals surface area (Å²) in [5.41, 5.74) is 0. The molecule has 2 aliphatic heterocycles. The van der Waals surface area contributed by atoms with E-state index >= 15 is 0 Å². The van der Waals surface area contributed by atoms with Crippen molar-refractivity contribution in [2.24, 2.45) is 11.8 Å². The van der Waals surface area contributed by atoms with Crippen LogP contribution in [0.3, 0.4) is 0 Å². The van der Waals surface area contributed by atoms with Crippen molar-refractivity contribution in [2.75, 3.05) is 0 Å². The summed E-state index contributed by atoms with van der Waals surface area (Å²) in [7, 11) is 0. The molecule has 0 aromatic rings. The lowest BCUT2D eigenvalue weighted by molar-refractivity contribution is 0.341. The summed E-state index contributed by atoms with van der Waals surface area (Å²) in [4.78, 5) is 0. The van der Waals surface area contributed by atoms with Gasteiger partial charge in [-0.3, -0.25) is 0 Å². The van der Waals surface area contributed by atoms with Gasteiger partial charge in [-0.2, -0.15) is 0 Å². The van der Waals surface area contributed by atoms with Crippen LogP contribution in [0.1, 0.15) is 103 Å². The zero-order valence-electron chi connectivity index (χ0n) is 15.6. The van der Waals surface area contributed by atoms with Crippen LogP contribution in [0.15, 0.2) is 0 Å². The van der Waals surface area contributed by atoms with Crippen LogP contribution in [0.25, 0.3) is 0 Å². The molecule has 138 valence electrons. The first kappa shape index (κ1) is 17.3.